The molecule has 0 aliphatic heterocycles. The highest BCUT2D eigenvalue weighted by molar-refractivity contribution is 6.23. The standard InChI is InChI=1S/C46H28O/c1-2-12-29(13-3-1)41-26-34(24-32-16-6-7-17-35(32)41)46-39-20-10-8-18-37(39)45(38-19-9-11-21-40(38)46)33-22-23-36-42-25-30-14-4-5-15-31(30)27-44(42)47-43(36)28-33/h1-28H/i1D,2D,3D,4D,5D,6D,7D,12D,13D,14D,15D,16D,17D,22D,23D,24D,25D,26D,27D,28D. The molecule has 10 rings (SSSR count). The summed E-state index contributed by atoms with van der Waals surface area (Å²) in [6, 6.07) is 0.607. The zero-order valence-corrected chi connectivity index (χ0v) is 24.0. The molecule has 1 heterocycles. The van der Waals surface area contributed by atoms with Crippen LogP contribution in [-0.4, -0.2) is 0 Å². The van der Waals surface area contributed by atoms with E-state index >= 15 is 0 Å². The summed E-state index contributed by atoms with van der Waals surface area (Å²) in [6.45, 7) is 0. The first-order chi connectivity index (χ1) is 31.7. The Morgan fingerprint density at radius 2 is 0.936 bits per heavy atom. The smallest absolute Gasteiger partial charge is 0.136 e. The van der Waals surface area contributed by atoms with Crippen molar-refractivity contribution in [1.82, 2.24) is 0 Å². The maximum atomic E-state index is 9.89. The second kappa shape index (κ2) is 10.2. The third kappa shape index (κ3) is 4.03. The lowest BCUT2D eigenvalue weighted by atomic mass is 9.84. The van der Waals surface area contributed by atoms with Crippen molar-refractivity contribution in [2.45, 2.75) is 0 Å². The lowest BCUT2D eigenvalue weighted by Crippen LogP contribution is -1.92. The van der Waals surface area contributed by atoms with E-state index in [4.69, 9.17) is 25.0 Å². The molecule has 0 N–H and O–H groups in total. The van der Waals surface area contributed by atoms with Crippen LogP contribution >= 0.6 is 0 Å². The molecule has 0 spiro atoms. The predicted octanol–water partition coefficient (Wildman–Crippen LogP) is 13.2. The zero-order chi connectivity index (χ0) is 48.3. The van der Waals surface area contributed by atoms with E-state index in [9.17, 15) is 6.85 Å². The second-order valence-electron chi connectivity index (χ2n) is 10.9. The number of furan rings is 1. The Hall–Kier alpha value is -6.18. The van der Waals surface area contributed by atoms with Gasteiger partial charge >= 0.3 is 0 Å². The largest absolute Gasteiger partial charge is 0.456 e. The summed E-state index contributed by atoms with van der Waals surface area (Å²) in [5.41, 5.74) is -1.55. The minimum absolute atomic E-state index is 0.132. The highest BCUT2D eigenvalue weighted by Gasteiger charge is 2.19. The van der Waals surface area contributed by atoms with Crippen molar-refractivity contribution >= 4 is 65.0 Å². The normalized spacial score (nSPS) is 17.8. The minimum atomic E-state index is -0.758. The molecule has 0 fully saturated rings. The van der Waals surface area contributed by atoms with Crippen LogP contribution in [0.15, 0.2) is 174 Å². The van der Waals surface area contributed by atoms with Gasteiger partial charge in [0.1, 0.15) is 11.2 Å². The molecule has 218 valence electrons. The second-order valence-corrected chi connectivity index (χ2v) is 10.9. The van der Waals surface area contributed by atoms with Crippen molar-refractivity contribution < 1.29 is 31.8 Å². The Morgan fingerprint density at radius 1 is 0.362 bits per heavy atom. The van der Waals surface area contributed by atoms with Gasteiger partial charge in [0.25, 0.3) is 0 Å². The summed E-state index contributed by atoms with van der Waals surface area (Å²) < 4.78 is 184. The van der Waals surface area contributed by atoms with Crippen LogP contribution in [0.2, 0.25) is 0 Å². The molecule has 0 atom stereocenters. The molecule has 1 aromatic heterocycles. The average molecular weight is 617 g/mol. The van der Waals surface area contributed by atoms with E-state index in [1.807, 2.05) is 0 Å². The summed E-state index contributed by atoms with van der Waals surface area (Å²) in [4.78, 5) is 0. The maximum absolute atomic E-state index is 9.89. The summed E-state index contributed by atoms with van der Waals surface area (Å²) in [5.74, 6) is 0. The Kier molecular flexibility index (Phi) is 2.87. The molecule has 0 amide bonds. The van der Waals surface area contributed by atoms with Gasteiger partial charge in [-0.25, -0.2) is 0 Å². The topological polar surface area (TPSA) is 13.1 Å². The molecule has 10 aromatic rings. The Bertz CT molecular complexity index is 3900. The van der Waals surface area contributed by atoms with Gasteiger partial charge in [0.2, 0.25) is 0 Å². The number of benzene rings is 9. The summed E-state index contributed by atoms with van der Waals surface area (Å²) in [7, 11) is 0. The van der Waals surface area contributed by atoms with E-state index in [0.29, 0.717) is 10.8 Å². The fourth-order valence-corrected chi connectivity index (χ4v) is 6.27. The molecule has 0 radical (unpaired) electrons. The lowest BCUT2D eigenvalue weighted by Gasteiger charge is -2.19. The Morgan fingerprint density at radius 3 is 1.64 bits per heavy atom. The van der Waals surface area contributed by atoms with Gasteiger partial charge in [-0.1, -0.05) is 133 Å². The number of fused-ring (bicyclic) bond motifs is 7. The molecule has 0 bridgehead atoms. The van der Waals surface area contributed by atoms with Gasteiger partial charge in [0, 0.05) is 10.8 Å². The van der Waals surface area contributed by atoms with Crippen LogP contribution in [0.3, 0.4) is 0 Å². The lowest BCUT2D eigenvalue weighted by molar-refractivity contribution is 0.669. The molecule has 0 aliphatic rings. The third-order valence-electron chi connectivity index (χ3n) is 8.25. The third-order valence-corrected chi connectivity index (χ3v) is 8.25. The van der Waals surface area contributed by atoms with Gasteiger partial charge in [-0.15, -0.1) is 0 Å². The van der Waals surface area contributed by atoms with E-state index in [1.54, 1.807) is 48.5 Å². The summed E-state index contributed by atoms with van der Waals surface area (Å²) in [5, 5.41) is -0.536. The highest BCUT2D eigenvalue weighted by atomic mass is 16.3. The molecule has 1 nitrogen and oxygen atoms in total. The van der Waals surface area contributed by atoms with Gasteiger partial charge < -0.3 is 4.42 Å². The minimum Gasteiger partial charge on any atom is -0.456 e. The molecule has 0 saturated heterocycles. The van der Waals surface area contributed by atoms with Crippen LogP contribution in [-0.2, 0) is 0 Å². The van der Waals surface area contributed by atoms with Crippen molar-refractivity contribution in [3.05, 3.63) is 169 Å². The molecule has 9 aromatic carbocycles. The van der Waals surface area contributed by atoms with E-state index < -0.39 is 137 Å². The van der Waals surface area contributed by atoms with Gasteiger partial charge in [-0.2, -0.15) is 0 Å². The van der Waals surface area contributed by atoms with Crippen LogP contribution < -0.4 is 0 Å². The fraction of sp³-hybridized carbons (Fsp3) is 0. The molecule has 1 heteroatoms. The molecule has 0 aliphatic carbocycles. The van der Waals surface area contributed by atoms with Gasteiger partial charge in [-0.05, 0) is 113 Å². The van der Waals surface area contributed by atoms with Crippen molar-refractivity contribution in [3.63, 3.8) is 0 Å². The molecular formula is C46H28O. The predicted molar refractivity (Wildman–Crippen MR) is 200 cm³/mol. The van der Waals surface area contributed by atoms with E-state index in [2.05, 4.69) is 0 Å². The Balaban J connectivity index is 1.38. The van der Waals surface area contributed by atoms with Crippen molar-refractivity contribution in [3.8, 4) is 33.4 Å². The zero-order valence-electron chi connectivity index (χ0n) is 44.0. The van der Waals surface area contributed by atoms with Crippen molar-refractivity contribution in [1.29, 1.82) is 0 Å². The van der Waals surface area contributed by atoms with Crippen LogP contribution in [0.25, 0.3) is 98.4 Å². The van der Waals surface area contributed by atoms with Crippen LogP contribution in [0.5, 0.6) is 0 Å². The first kappa shape index (κ1) is 13.3. The molecule has 47 heavy (non-hydrogen) atoms. The first-order valence-corrected chi connectivity index (χ1v) is 14.6. The summed E-state index contributed by atoms with van der Waals surface area (Å²) in [6.07, 6.45) is 0. The Labute approximate surface area is 300 Å². The van der Waals surface area contributed by atoms with E-state index in [1.165, 1.54) is 0 Å². The highest BCUT2D eigenvalue weighted by Crippen LogP contribution is 2.46. The number of hydrogen-bond donors (Lipinski definition) is 0. The number of hydrogen-bond acceptors (Lipinski definition) is 1. The first-order valence-electron chi connectivity index (χ1n) is 24.6. The number of rotatable bonds is 3. The van der Waals surface area contributed by atoms with Crippen LogP contribution in [0.4, 0.5) is 0 Å². The molecule has 0 saturated carbocycles. The summed E-state index contributed by atoms with van der Waals surface area (Å²) >= 11 is 0. The van der Waals surface area contributed by atoms with E-state index in [-0.39, 0.29) is 71.1 Å². The van der Waals surface area contributed by atoms with Gasteiger partial charge in [-0.3, -0.25) is 0 Å². The molecule has 0 unspecified atom stereocenters. The van der Waals surface area contributed by atoms with Crippen molar-refractivity contribution in [2.24, 2.45) is 0 Å². The SMILES string of the molecule is [2H]c1c([2H])c([2H])c(-c2c([2H])c(-c3c4ccccc4c(-c4c([2H])c([2H])c5c(oc6c([2H])c7c([2H])c([2H])c([2H])c([2H])c7c([2H])c65)c4[2H])c4ccccc34)c([2H])c3c([2H])c([2H])c([2H])c([2H])c23)c([2H])c1[2H]. The van der Waals surface area contributed by atoms with Crippen molar-refractivity contribution in [2.75, 3.05) is 0 Å². The maximum Gasteiger partial charge on any atom is 0.136 e. The van der Waals surface area contributed by atoms with Gasteiger partial charge in [0.15, 0.2) is 0 Å². The quantitative estimate of drug-likeness (QED) is 0.180. The van der Waals surface area contributed by atoms with Gasteiger partial charge in [0.05, 0.1) is 27.4 Å². The molecular weight excluding hydrogens is 569 g/mol. The fourth-order valence-electron chi connectivity index (χ4n) is 6.27. The van der Waals surface area contributed by atoms with Crippen LogP contribution in [0, 0.1) is 0 Å². The van der Waals surface area contributed by atoms with Crippen LogP contribution in [0.1, 0.15) is 27.4 Å². The van der Waals surface area contributed by atoms with E-state index in [0.717, 1.165) is 0 Å². The monoisotopic (exact) mass is 616 g/mol. The average Bonchev–Trinajstić information content (AvgIpc) is 3.73.